The summed E-state index contributed by atoms with van der Waals surface area (Å²) in [6.07, 6.45) is 1.17. The van der Waals surface area contributed by atoms with Gasteiger partial charge in [0.25, 0.3) is 5.91 Å². The van der Waals surface area contributed by atoms with Gasteiger partial charge in [0.2, 0.25) is 10.0 Å². The first-order chi connectivity index (χ1) is 16.1. The van der Waals surface area contributed by atoms with E-state index in [1.807, 2.05) is 33.8 Å². The number of ether oxygens (including phenoxy) is 1. The maximum atomic E-state index is 12.8. The molecule has 0 aliphatic rings. The smallest absolute Gasteiger partial charge is 0.251 e. The Labute approximate surface area is 202 Å². The number of para-hydroxylation sites is 2. The molecule has 0 spiro atoms. The van der Waals surface area contributed by atoms with Crippen LogP contribution in [0.15, 0.2) is 66.7 Å². The second kappa shape index (κ2) is 10.7. The van der Waals surface area contributed by atoms with Crippen molar-refractivity contribution in [2.24, 2.45) is 0 Å². The van der Waals surface area contributed by atoms with Gasteiger partial charge in [-0.3, -0.25) is 9.10 Å². The van der Waals surface area contributed by atoms with Crippen LogP contribution in [0.2, 0.25) is 0 Å². The zero-order valence-corrected chi connectivity index (χ0v) is 21.1. The molecule has 6 nitrogen and oxygen atoms in total. The normalized spacial score (nSPS) is 12.1. The van der Waals surface area contributed by atoms with Gasteiger partial charge >= 0.3 is 0 Å². The Kier molecular flexibility index (Phi) is 7.99. The highest BCUT2D eigenvalue weighted by Gasteiger charge is 2.22. The number of hydrogen-bond acceptors (Lipinski definition) is 4. The maximum Gasteiger partial charge on any atom is 0.251 e. The lowest BCUT2D eigenvalue weighted by Crippen LogP contribution is -2.30. The highest BCUT2D eigenvalue weighted by atomic mass is 32.2. The molecule has 1 atom stereocenters. The zero-order valence-electron chi connectivity index (χ0n) is 20.3. The van der Waals surface area contributed by atoms with E-state index in [0.717, 1.165) is 22.3 Å². The first kappa shape index (κ1) is 25.3. The molecule has 0 heterocycles. The van der Waals surface area contributed by atoms with E-state index in [1.165, 1.54) is 10.6 Å². The van der Waals surface area contributed by atoms with Gasteiger partial charge < -0.3 is 10.1 Å². The van der Waals surface area contributed by atoms with Crippen LogP contribution in [-0.4, -0.2) is 27.2 Å². The number of nitrogens with one attached hydrogen (secondary N) is 1. The predicted octanol–water partition coefficient (Wildman–Crippen LogP) is 5.16. The summed E-state index contributed by atoms with van der Waals surface area (Å²) in [7, 11) is -3.56. The summed E-state index contributed by atoms with van der Waals surface area (Å²) in [6.45, 7) is 8.44. The Balaban J connectivity index is 1.77. The highest BCUT2D eigenvalue weighted by Crippen LogP contribution is 2.31. The highest BCUT2D eigenvalue weighted by molar-refractivity contribution is 7.92. The summed E-state index contributed by atoms with van der Waals surface area (Å²) in [4.78, 5) is 12.8. The lowest BCUT2D eigenvalue weighted by Gasteiger charge is -2.24. The molecular weight excluding hydrogens is 448 g/mol. The van der Waals surface area contributed by atoms with E-state index in [-0.39, 0.29) is 18.5 Å². The second-order valence-electron chi connectivity index (χ2n) is 8.42. The molecule has 1 amide bonds. The number of aryl methyl sites for hydroxylation is 2. The minimum Gasteiger partial charge on any atom is -0.492 e. The van der Waals surface area contributed by atoms with Crippen LogP contribution in [0, 0.1) is 13.8 Å². The van der Waals surface area contributed by atoms with Gasteiger partial charge in [0.05, 0.1) is 31.1 Å². The molecule has 0 radical (unpaired) electrons. The van der Waals surface area contributed by atoms with Crippen LogP contribution in [0.1, 0.15) is 52.5 Å². The Morgan fingerprint density at radius 1 is 1.03 bits per heavy atom. The van der Waals surface area contributed by atoms with Crippen LogP contribution in [0.3, 0.4) is 0 Å². The van der Waals surface area contributed by atoms with Crippen molar-refractivity contribution in [2.75, 3.05) is 17.2 Å². The summed E-state index contributed by atoms with van der Waals surface area (Å²) in [6, 6.07) is 20.1. The Morgan fingerprint density at radius 3 is 2.35 bits per heavy atom. The van der Waals surface area contributed by atoms with Crippen LogP contribution in [0.4, 0.5) is 5.69 Å². The molecular formula is C27H32N2O4S. The quantitative estimate of drug-likeness (QED) is 0.459. The topological polar surface area (TPSA) is 75.7 Å². The standard InChI is InChI=1S/C27H32N2O4S/c1-6-33-26-10-8-7-9-25(26)29(34(5,31)32)18-22-13-15-23(16-14-22)27(30)28-21(4)24-17-19(2)11-12-20(24)3/h7-17,21H,6,18H2,1-5H3,(H,28,30). The molecule has 0 fully saturated rings. The second-order valence-corrected chi connectivity index (χ2v) is 10.3. The molecule has 3 aromatic rings. The van der Waals surface area contributed by atoms with Crippen molar-refractivity contribution in [2.45, 2.75) is 40.3 Å². The Bertz CT molecular complexity index is 1250. The molecule has 3 rings (SSSR count). The summed E-state index contributed by atoms with van der Waals surface area (Å²) >= 11 is 0. The lowest BCUT2D eigenvalue weighted by molar-refractivity contribution is 0.0939. The SMILES string of the molecule is CCOc1ccccc1N(Cc1ccc(C(=O)NC(C)c2cc(C)ccc2C)cc1)S(C)(=O)=O. The number of benzene rings is 3. The summed E-state index contributed by atoms with van der Waals surface area (Å²) in [5, 5.41) is 3.05. The van der Waals surface area contributed by atoms with E-state index in [0.29, 0.717) is 23.6 Å². The molecule has 0 aliphatic carbocycles. The molecule has 7 heteroatoms. The lowest BCUT2D eigenvalue weighted by atomic mass is 9.99. The molecule has 1 N–H and O–H groups in total. The maximum absolute atomic E-state index is 12.8. The van der Waals surface area contributed by atoms with Gasteiger partial charge in [0, 0.05) is 5.56 Å². The molecule has 3 aromatic carbocycles. The largest absolute Gasteiger partial charge is 0.492 e. The Morgan fingerprint density at radius 2 is 1.71 bits per heavy atom. The van der Waals surface area contributed by atoms with Crippen LogP contribution >= 0.6 is 0 Å². The third-order valence-corrected chi connectivity index (χ3v) is 6.75. The zero-order chi connectivity index (χ0) is 24.9. The van der Waals surface area contributed by atoms with E-state index >= 15 is 0 Å². The number of sulfonamides is 1. The van der Waals surface area contributed by atoms with E-state index in [9.17, 15) is 13.2 Å². The van der Waals surface area contributed by atoms with Gasteiger partial charge in [-0.2, -0.15) is 0 Å². The van der Waals surface area contributed by atoms with Crippen LogP contribution in [0.5, 0.6) is 5.75 Å². The van der Waals surface area contributed by atoms with E-state index in [1.54, 1.807) is 42.5 Å². The monoisotopic (exact) mass is 480 g/mol. The van der Waals surface area contributed by atoms with Crippen LogP contribution < -0.4 is 14.4 Å². The average Bonchev–Trinajstić information content (AvgIpc) is 2.79. The Hall–Kier alpha value is -3.32. The first-order valence-electron chi connectivity index (χ1n) is 11.3. The van der Waals surface area contributed by atoms with Crippen LogP contribution in [-0.2, 0) is 16.6 Å². The number of amides is 1. The molecule has 1 unspecified atom stereocenters. The number of carbonyl (C=O) groups excluding carboxylic acids is 1. The van der Waals surface area contributed by atoms with Crippen molar-refractivity contribution in [3.63, 3.8) is 0 Å². The number of nitrogens with zero attached hydrogens (tertiary/aromatic N) is 1. The van der Waals surface area contributed by atoms with Crippen molar-refractivity contribution in [1.29, 1.82) is 0 Å². The van der Waals surface area contributed by atoms with E-state index in [4.69, 9.17) is 4.74 Å². The molecule has 180 valence electrons. The van der Waals surface area contributed by atoms with Gasteiger partial charge in [-0.15, -0.1) is 0 Å². The average molecular weight is 481 g/mol. The molecule has 0 saturated carbocycles. The van der Waals surface area contributed by atoms with Gasteiger partial charge in [-0.1, -0.05) is 48.0 Å². The summed E-state index contributed by atoms with van der Waals surface area (Å²) in [5.41, 5.74) is 5.12. The van der Waals surface area contributed by atoms with Gasteiger partial charge in [0.15, 0.2) is 0 Å². The molecule has 0 aliphatic heterocycles. The molecule has 0 aromatic heterocycles. The predicted molar refractivity (Wildman–Crippen MR) is 137 cm³/mol. The van der Waals surface area contributed by atoms with Gasteiger partial charge in [0.1, 0.15) is 5.75 Å². The van der Waals surface area contributed by atoms with Crippen molar-refractivity contribution in [3.8, 4) is 5.75 Å². The fourth-order valence-electron chi connectivity index (χ4n) is 3.83. The third-order valence-electron chi connectivity index (χ3n) is 5.63. The number of hydrogen-bond donors (Lipinski definition) is 1. The van der Waals surface area contributed by atoms with E-state index in [2.05, 4.69) is 23.5 Å². The number of carbonyl (C=O) groups is 1. The molecule has 34 heavy (non-hydrogen) atoms. The third kappa shape index (κ3) is 6.17. The van der Waals surface area contributed by atoms with Crippen molar-refractivity contribution < 1.29 is 17.9 Å². The summed E-state index contributed by atoms with van der Waals surface area (Å²) in [5.74, 6) is 0.327. The van der Waals surface area contributed by atoms with Gasteiger partial charge in [-0.05, 0) is 68.7 Å². The van der Waals surface area contributed by atoms with Crippen molar-refractivity contribution in [1.82, 2.24) is 5.32 Å². The first-order valence-corrected chi connectivity index (χ1v) is 13.1. The fraction of sp³-hybridized carbons (Fsp3) is 0.296. The minimum absolute atomic E-state index is 0.129. The van der Waals surface area contributed by atoms with Crippen molar-refractivity contribution >= 4 is 21.6 Å². The van der Waals surface area contributed by atoms with E-state index < -0.39 is 10.0 Å². The van der Waals surface area contributed by atoms with Crippen LogP contribution in [0.25, 0.3) is 0 Å². The minimum atomic E-state index is -3.56. The summed E-state index contributed by atoms with van der Waals surface area (Å²) < 4.78 is 32.1. The van der Waals surface area contributed by atoms with Crippen molar-refractivity contribution in [3.05, 3.63) is 94.5 Å². The van der Waals surface area contributed by atoms with Gasteiger partial charge in [-0.25, -0.2) is 8.42 Å². The molecule has 0 saturated heterocycles. The molecule has 0 bridgehead atoms. The number of rotatable bonds is 9. The fourth-order valence-corrected chi connectivity index (χ4v) is 4.73. The number of anilines is 1.